The Morgan fingerprint density at radius 2 is 1.82 bits per heavy atom. The largest absolute Gasteiger partial charge is 0.468 e. The van der Waals surface area contributed by atoms with Gasteiger partial charge in [-0.05, 0) is 55.9 Å². The van der Waals surface area contributed by atoms with Crippen LogP contribution in [0.3, 0.4) is 0 Å². The first-order chi connectivity index (χ1) is 10.6. The van der Waals surface area contributed by atoms with E-state index in [9.17, 15) is 0 Å². The van der Waals surface area contributed by atoms with Gasteiger partial charge >= 0.3 is 0 Å². The maximum atomic E-state index is 5.54. The minimum Gasteiger partial charge on any atom is -0.468 e. The predicted octanol–water partition coefficient (Wildman–Crippen LogP) is 4.28. The van der Waals surface area contributed by atoms with Crippen LogP contribution in [-0.2, 0) is 11.2 Å². The van der Waals surface area contributed by atoms with Crippen molar-refractivity contribution >= 4 is 15.9 Å². The monoisotopic (exact) mass is 363 g/mol. The molecule has 0 radical (unpaired) electrons. The number of benzene rings is 2. The van der Waals surface area contributed by atoms with Crippen LogP contribution in [-0.4, -0.2) is 32.9 Å². The highest BCUT2D eigenvalue weighted by molar-refractivity contribution is 9.10. The number of likely N-dealkylation sites (N-methyl/N-ethyl adjacent to an activating group) is 1. The molecule has 0 heterocycles. The Labute approximate surface area is 141 Å². The molecule has 3 nitrogen and oxygen atoms in total. The molecule has 0 fully saturated rings. The fourth-order valence-corrected chi connectivity index (χ4v) is 2.65. The molecule has 0 bridgehead atoms. The van der Waals surface area contributed by atoms with Crippen LogP contribution in [0.2, 0.25) is 0 Å². The second-order valence-electron chi connectivity index (χ2n) is 5.43. The standard InChI is InChI=1S/C18H22BrNO2/c1-20(2)18(11-14-7-9-16(19)10-8-14)15-5-4-6-17(12-15)22-13-21-3/h4-10,12,18H,11,13H2,1-3H3. The first-order valence-corrected chi connectivity index (χ1v) is 8.02. The molecule has 2 rings (SSSR count). The van der Waals surface area contributed by atoms with Crippen LogP contribution in [0, 0.1) is 0 Å². The summed E-state index contributed by atoms with van der Waals surface area (Å²) in [5.41, 5.74) is 2.55. The smallest absolute Gasteiger partial charge is 0.188 e. The summed E-state index contributed by atoms with van der Waals surface area (Å²) < 4.78 is 11.6. The van der Waals surface area contributed by atoms with E-state index in [2.05, 4.69) is 71.3 Å². The van der Waals surface area contributed by atoms with Gasteiger partial charge in [0.1, 0.15) is 5.75 Å². The zero-order valence-corrected chi connectivity index (χ0v) is 14.8. The maximum Gasteiger partial charge on any atom is 0.188 e. The van der Waals surface area contributed by atoms with Gasteiger partial charge in [0.25, 0.3) is 0 Å². The Bertz CT molecular complexity index is 584. The average Bonchev–Trinajstić information content (AvgIpc) is 2.52. The van der Waals surface area contributed by atoms with Crippen LogP contribution in [0.25, 0.3) is 0 Å². The second-order valence-corrected chi connectivity index (χ2v) is 6.35. The second kappa shape index (κ2) is 8.32. The van der Waals surface area contributed by atoms with Crippen molar-refractivity contribution in [1.82, 2.24) is 4.90 Å². The topological polar surface area (TPSA) is 21.7 Å². The zero-order chi connectivity index (χ0) is 15.9. The summed E-state index contributed by atoms with van der Waals surface area (Å²) in [5, 5.41) is 0. The van der Waals surface area contributed by atoms with Gasteiger partial charge in [-0.1, -0.05) is 40.2 Å². The summed E-state index contributed by atoms with van der Waals surface area (Å²) >= 11 is 3.48. The van der Waals surface area contributed by atoms with Gasteiger partial charge in [0.15, 0.2) is 6.79 Å². The first kappa shape index (κ1) is 17.0. The molecule has 0 saturated heterocycles. The molecule has 118 valence electrons. The first-order valence-electron chi connectivity index (χ1n) is 7.22. The Kier molecular flexibility index (Phi) is 6.43. The predicted molar refractivity (Wildman–Crippen MR) is 93.2 cm³/mol. The van der Waals surface area contributed by atoms with Gasteiger partial charge in [-0.25, -0.2) is 0 Å². The lowest BCUT2D eigenvalue weighted by Crippen LogP contribution is -2.22. The van der Waals surface area contributed by atoms with Crippen molar-refractivity contribution in [3.63, 3.8) is 0 Å². The lowest BCUT2D eigenvalue weighted by molar-refractivity contribution is 0.0510. The number of hydrogen-bond donors (Lipinski definition) is 0. The molecule has 0 N–H and O–H groups in total. The molecule has 1 atom stereocenters. The van der Waals surface area contributed by atoms with Crippen molar-refractivity contribution in [3.8, 4) is 5.75 Å². The van der Waals surface area contributed by atoms with Gasteiger partial charge in [-0.3, -0.25) is 0 Å². The maximum absolute atomic E-state index is 5.54. The molecule has 22 heavy (non-hydrogen) atoms. The van der Waals surface area contributed by atoms with Gasteiger partial charge in [-0.15, -0.1) is 0 Å². The summed E-state index contributed by atoms with van der Waals surface area (Å²) in [6.45, 7) is 0.267. The van der Waals surface area contributed by atoms with Crippen LogP contribution in [0.1, 0.15) is 17.2 Å². The molecule has 4 heteroatoms. The Morgan fingerprint density at radius 3 is 2.45 bits per heavy atom. The third-order valence-electron chi connectivity index (χ3n) is 3.55. The third-order valence-corrected chi connectivity index (χ3v) is 4.08. The third kappa shape index (κ3) is 4.83. The van der Waals surface area contributed by atoms with Crippen LogP contribution in [0.15, 0.2) is 53.0 Å². The molecule has 0 spiro atoms. The summed E-state index contributed by atoms with van der Waals surface area (Å²) in [5.74, 6) is 0.835. The average molecular weight is 364 g/mol. The van der Waals surface area contributed by atoms with Crippen molar-refractivity contribution in [3.05, 3.63) is 64.1 Å². The van der Waals surface area contributed by atoms with Gasteiger partial charge in [-0.2, -0.15) is 0 Å². The van der Waals surface area contributed by atoms with Crippen molar-refractivity contribution in [1.29, 1.82) is 0 Å². The van der Waals surface area contributed by atoms with Crippen LogP contribution in [0.4, 0.5) is 0 Å². The molecule has 0 aromatic heterocycles. The van der Waals surface area contributed by atoms with Crippen molar-refractivity contribution in [2.24, 2.45) is 0 Å². The van der Waals surface area contributed by atoms with Crippen LogP contribution >= 0.6 is 15.9 Å². The van der Waals surface area contributed by atoms with E-state index in [-0.39, 0.29) is 6.79 Å². The van der Waals surface area contributed by atoms with E-state index in [4.69, 9.17) is 9.47 Å². The van der Waals surface area contributed by atoms with Gasteiger partial charge in [0, 0.05) is 17.6 Å². The molecule has 2 aromatic rings. The number of ether oxygens (including phenoxy) is 2. The number of methoxy groups -OCH3 is 1. The molecular weight excluding hydrogens is 342 g/mol. The highest BCUT2D eigenvalue weighted by Gasteiger charge is 2.15. The van der Waals surface area contributed by atoms with E-state index >= 15 is 0 Å². The van der Waals surface area contributed by atoms with Crippen molar-refractivity contribution in [2.75, 3.05) is 28.0 Å². The van der Waals surface area contributed by atoms with Crippen molar-refractivity contribution in [2.45, 2.75) is 12.5 Å². The molecule has 0 aliphatic heterocycles. The summed E-state index contributed by atoms with van der Waals surface area (Å²) in [6, 6.07) is 17.0. The van der Waals surface area contributed by atoms with E-state index in [0.717, 1.165) is 16.6 Å². The highest BCUT2D eigenvalue weighted by atomic mass is 79.9. The number of halogens is 1. The summed E-state index contributed by atoms with van der Waals surface area (Å²) in [6.07, 6.45) is 0.952. The fraction of sp³-hybridized carbons (Fsp3) is 0.333. The van der Waals surface area contributed by atoms with E-state index in [1.54, 1.807) is 7.11 Å². The Morgan fingerprint density at radius 1 is 1.09 bits per heavy atom. The summed E-state index contributed by atoms with van der Waals surface area (Å²) in [7, 11) is 5.83. The lowest BCUT2D eigenvalue weighted by Gasteiger charge is -2.25. The van der Waals surface area contributed by atoms with Gasteiger partial charge < -0.3 is 14.4 Å². The molecular formula is C18H22BrNO2. The lowest BCUT2D eigenvalue weighted by atomic mass is 9.98. The highest BCUT2D eigenvalue weighted by Crippen LogP contribution is 2.26. The number of nitrogens with zero attached hydrogens (tertiary/aromatic N) is 1. The number of hydrogen-bond acceptors (Lipinski definition) is 3. The van der Waals surface area contributed by atoms with E-state index < -0.39 is 0 Å². The molecule has 0 aliphatic carbocycles. The van der Waals surface area contributed by atoms with E-state index in [1.807, 2.05) is 12.1 Å². The van der Waals surface area contributed by atoms with Gasteiger partial charge in [0.05, 0.1) is 0 Å². The quantitative estimate of drug-likeness (QED) is 0.685. The minimum atomic E-state index is 0.267. The Balaban J connectivity index is 2.18. The van der Waals surface area contributed by atoms with Crippen LogP contribution < -0.4 is 4.74 Å². The number of rotatable bonds is 7. The van der Waals surface area contributed by atoms with Gasteiger partial charge in [0.2, 0.25) is 0 Å². The minimum absolute atomic E-state index is 0.267. The Hall–Kier alpha value is -1.36. The fourth-order valence-electron chi connectivity index (χ4n) is 2.38. The van der Waals surface area contributed by atoms with E-state index in [1.165, 1.54) is 11.1 Å². The zero-order valence-electron chi connectivity index (χ0n) is 13.3. The molecule has 0 amide bonds. The van der Waals surface area contributed by atoms with Crippen LogP contribution in [0.5, 0.6) is 5.75 Å². The van der Waals surface area contributed by atoms with E-state index in [0.29, 0.717) is 6.04 Å². The molecule has 2 aromatic carbocycles. The molecule has 0 saturated carbocycles. The normalized spacial score (nSPS) is 12.4. The molecule has 0 aliphatic rings. The van der Waals surface area contributed by atoms with Crippen molar-refractivity contribution < 1.29 is 9.47 Å². The molecule has 1 unspecified atom stereocenters. The summed E-state index contributed by atoms with van der Waals surface area (Å²) in [4.78, 5) is 2.23. The SMILES string of the molecule is COCOc1cccc(C(Cc2ccc(Br)cc2)N(C)C)c1.